The zero-order chi connectivity index (χ0) is 15.3. The molecule has 0 fully saturated rings. The quantitative estimate of drug-likeness (QED) is 0.847. The predicted octanol–water partition coefficient (Wildman–Crippen LogP) is 2.99. The molecule has 1 aromatic carbocycles. The number of benzene rings is 1. The minimum Gasteiger partial charge on any atom is -0.482 e. The second kappa shape index (κ2) is 7.72. The van der Waals surface area contributed by atoms with Crippen LogP contribution in [-0.2, 0) is 11.3 Å². The maximum Gasteiger partial charge on any atom is 0.258 e. The summed E-state index contributed by atoms with van der Waals surface area (Å²) in [5.41, 5.74) is 6.29. The highest BCUT2D eigenvalue weighted by atomic mass is 35.5. The van der Waals surface area contributed by atoms with Gasteiger partial charge in [-0.05, 0) is 25.0 Å². The third-order valence-corrected chi connectivity index (χ3v) is 3.54. The Bertz CT molecular complexity index is 478. The molecule has 0 saturated heterocycles. The number of halogens is 2. The van der Waals surface area contributed by atoms with Crippen LogP contribution < -0.4 is 15.8 Å². The molecule has 20 heavy (non-hydrogen) atoms. The van der Waals surface area contributed by atoms with Gasteiger partial charge in [0.1, 0.15) is 5.75 Å². The zero-order valence-corrected chi connectivity index (χ0v) is 13.4. The van der Waals surface area contributed by atoms with E-state index in [1.807, 2.05) is 20.8 Å². The Hall–Kier alpha value is -0.970. The van der Waals surface area contributed by atoms with E-state index in [0.717, 1.165) is 0 Å². The van der Waals surface area contributed by atoms with Gasteiger partial charge in [0.15, 0.2) is 6.61 Å². The molecule has 0 bridgehead atoms. The van der Waals surface area contributed by atoms with Crippen LogP contribution in [0.3, 0.4) is 0 Å². The van der Waals surface area contributed by atoms with Crippen molar-refractivity contribution in [2.45, 2.75) is 33.4 Å². The Kier molecular flexibility index (Phi) is 6.59. The van der Waals surface area contributed by atoms with Crippen LogP contribution in [0.5, 0.6) is 5.75 Å². The van der Waals surface area contributed by atoms with Gasteiger partial charge in [0.25, 0.3) is 5.91 Å². The molecule has 0 saturated carbocycles. The fraction of sp³-hybridized carbons (Fsp3) is 0.500. The van der Waals surface area contributed by atoms with Gasteiger partial charge in [-0.15, -0.1) is 0 Å². The molecule has 0 aliphatic rings. The van der Waals surface area contributed by atoms with Gasteiger partial charge < -0.3 is 15.8 Å². The highest BCUT2D eigenvalue weighted by Crippen LogP contribution is 2.32. The van der Waals surface area contributed by atoms with Crippen molar-refractivity contribution in [2.75, 3.05) is 6.61 Å². The van der Waals surface area contributed by atoms with Crippen molar-refractivity contribution in [3.63, 3.8) is 0 Å². The van der Waals surface area contributed by atoms with E-state index in [4.69, 9.17) is 33.7 Å². The topological polar surface area (TPSA) is 64.3 Å². The molecule has 112 valence electrons. The van der Waals surface area contributed by atoms with Crippen molar-refractivity contribution in [3.8, 4) is 5.75 Å². The Morgan fingerprint density at radius 3 is 2.55 bits per heavy atom. The van der Waals surface area contributed by atoms with E-state index < -0.39 is 0 Å². The highest BCUT2D eigenvalue weighted by Gasteiger charge is 2.14. The Labute approximate surface area is 129 Å². The predicted molar refractivity (Wildman–Crippen MR) is 82.3 cm³/mol. The minimum absolute atomic E-state index is 0.0840. The van der Waals surface area contributed by atoms with Crippen LogP contribution in [0.4, 0.5) is 0 Å². The molecule has 0 spiro atoms. The summed E-state index contributed by atoms with van der Waals surface area (Å²) in [4.78, 5) is 11.8. The van der Waals surface area contributed by atoms with E-state index in [2.05, 4.69) is 5.32 Å². The Morgan fingerprint density at radius 2 is 2.00 bits per heavy atom. The molecule has 0 radical (unpaired) electrons. The molecule has 1 atom stereocenters. The number of ether oxygens (including phenoxy) is 1. The van der Waals surface area contributed by atoms with Crippen LogP contribution in [0.2, 0.25) is 10.0 Å². The molecule has 0 aliphatic carbocycles. The molecule has 0 aromatic heterocycles. The maximum absolute atomic E-state index is 11.8. The summed E-state index contributed by atoms with van der Waals surface area (Å²) in [7, 11) is 0. The first-order chi connectivity index (χ1) is 9.35. The normalized spacial score (nSPS) is 12.3. The average Bonchev–Trinajstić information content (AvgIpc) is 2.36. The number of carbonyl (C=O) groups is 1. The van der Waals surface area contributed by atoms with Crippen molar-refractivity contribution >= 4 is 29.1 Å². The van der Waals surface area contributed by atoms with Crippen molar-refractivity contribution in [3.05, 3.63) is 27.7 Å². The second-order valence-electron chi connectivity index (χ2n) is 4.97. The lowest BCUT2D eigenvalue weighted by Crippen LogP contribution is -2.39. The van der Waals surface area contributed by atoms with Crippen LogP contribution in [-0.4, -0.2) is 18.6 Å². The minimum atomic E-state index is -0.194. The number of hydrogen-bond acceptors (Lipinski definition) is 3. The lowest BCUT2D eigenvalue weighted by molar-refractivity contribution is -0.124. The smallest absolute Gasteiger partial charge is 0.258 e. The van der Waals surface area contributed by atoms with E-state index in [0.29, 0.717) is 27.3 Å². The first kappa shape index (κ1) is 17.1. The molecular formula is C14H20Cl2N2O2. The largest absolute Gasteiger partial charge is 0.482 e. The second-order valence-corrected chi connectivity index (χ2v) is 5.81. The molecule has 3 N–H and O–H groups in total. The summed E-state index contributed by atoms with van der Waals surface area (Å²) in [6.45, 7) is 6.15. The number of amides is 1. The standard InChI is InChI=1S/C14H20Cl2N2O2/c1-8(2)9(3)18-13(19)7-20-14-10(6-17)4-11(15)5-12(14)16/h4-5,8-9H,6-7,17H2,1-3H3,(H,18,19). The van der Waals surface area contributed by atoms with Crippen molar-refractivity contribution in [1.82, 2.24) is 5.32 Å². The van der Waals surface area contributed by atoms with Crippen LogP contribution in [0.1, 0.15) is 26.3 Å². The highest BCUT2D eigenvalue weighted by molar-refractivity contribution is 6.35. The Balaban J connectivity index is 2.68. The van der Waals surface area contributed by atoms with Crippen molar-refractivity contribution in [1.29, 1.82) is 0 Å². The lowest BCUT2D eigenvalue weighted by atomic mass is 10.1. The third kappa shape index (κ3) is 4.85. The van der Waals surface area contributed by atoms with E-state index in [-0.39, 0.29) is 25.1 Å². The van der Waals surface area contributed by atoms with Gasteiger partial charge in [-0.1, -0.05) is 37.0 Å². The summed E-state index contributed by atoms with van der Waals surface area (Å²) in [5, 5.41) is 3.69. The Morgan fingerprint density at radius 1 is 1.35 bits per heavy atom. The zero-order valence-electron chi connectivity index (χ0n) is 11.9. The van der Waals surface area contributed by atoms with Crippen LogP contribution in [0.15, 0.2) is 12.1 Å². The molecule has 1 rings (SSSR count). The monoisotopic (exact) mass is 318 g/mol. The van der Waals surface area contributed by atoms with Gasteiger partial charge in [-0.25, -0.2) is 0 Å². The van der Waals surface area contributed by atoms with Gasteiger partial charge in [0, 0.05) is 23.2 Å². The average molecular weight is 319 g/mol. The van der Waals surface area contributed by atoms with E-state index in [1.165, 1.54) is 0 Å². The molecule has 0 aliphatic heterocycles. The number of hydrogen-bond donors (Lipinski definition) is 2. The van der Waals surface area contributed by atoms with Gasteiger partial charge >= 0.3 is 0 Å². The van der Waals surface area contributed by atoms with Gasteiger partial charge in [0.05, 0.1) is 5.02 Å². The van der Waals surface area contributed by atoms with Crippen LogP contribution in [0, 0.1) is 5.92 Å². The number of carbonyl (C=O) groups excluding carboxylic acids is 1. The first-order valence-corrected chi connectivity index (χ1v) is 7.20. The van der Waals surface area contributed by atoms with E-state index in [9.17, 15) is 4.79 Å². The van der Waals surface area contributed by atoms with Gasteiger partial charge in [-0.3, -0.25) is 4.79 Å². The van der Waals surface area contributed by atoms with Crippen molar-refractivity contribution < 1.29 is 9.53 Å². The van der Waals surface area contributed by atoms with Crippen LogP contribution >= 0.6 is 23.2 Å². The van der Waals surface area contributed by atoms with Crippen molar-refractivity contribution in [2.24, 2.45) is 11.7 Å². The first-order valence-electron chi connectivity index (χ1n) is 6.45. The third-order valence-electron chi connectivity index (χ3n) is 3.04. The maximum atomic E-state index is 11.8. The summed E-state index contributed by atoms with van der Waals surface area (Å²) in [6.07, 6.45) is 0. The summed E-state index contributed by atoms with van der Waals surface area (Å²) < 4.78 is 5.47. The van der Waals surface area contributed by atoms with E-state index in [1.54, 1.807) is 12.1 Å². The molecule has 1 unspecified atom stereocenters. The SMILES string of the molecule is CC(C)C(C)NC(=O)COc1c(Cl)cc(Cl)cc1CN. The number of nitrogens with two attached hydrogens (primary N) is 1. The molecule has 1 aromatic rings. The number of nitrogens with one attached hydrogen (secondary N) is 1. The fourth-order valence-electron chi connectivity index (χ4n) is 1.53. The molecule has 6 heteroatoms. The number of rotatable bonds is 6. The summed E-state index contributed by atoms with van der Waals surface area (Å²) in [5.74, 6) is 0.573. The van der Waals surface area contributed by atoms with E-state index >= 15 is 0 Å². The molecule has 1 amide bonds. The fourth-order valence-corrected chi connectivity index (χ4v) is 2.12. The lowest BCUT2D eigenvalue weighted by Gasteiger charge is -2.18. The molecule has 4 nitrogen and oxygen atoms in total. The summed E-state index contributed by atoms with van der Waals surface area (Å²) in [6, 6.07) is 3.32. The molecule has 0 heterocycles. The van der Waals surface area contributed by atoms with Crippen LogP contribution in [0.25, 0.3) is 0 Å². The van der Waals surface area contributed by atoms with Gasteiger partial charge in [-0.2, -0.15) is 0 Å². The van der Waals surface area contributed by atoms with Gasteiger partial charge in [0.2, 0.25) is 0 Å². The summed E-state index contributed by atoms with van der Waals surface area (Å²) >= 11 is 11.9. The molecular weight excluding hydrogens is 299 g/mol.